The van der Waals surface area contributed by atoms with E-state index >= 15 is 0 Å². The summed E-state index contributed by atoms with van der Waals surface area (Å²) in [7, 11) is 0. The number of aromatic nitrogens is 3. The molecule has 2 N–H and O–H groups in total. The molecule has 3 aromatic rings. The summed E-state index contributed by atoms with van der Waals surface area (Å²) in [5.41, 5.74) is 2.33. The van der Waals surface area contributed by atoms with E-state index in [1.165, 1.54) is 12.1 Å². The zero-order valence-corrected chi connectivity index (χ0v) is 17.5. The van der Waals surface area contributed by atoms with Gasteiger partial charge < -0.3 is 10.2 Å². The minimum Gasteiger partial charge on any atom is -0.371 e. The predicted octanol–water partition coefficient (Wildman–Crippen LogP) is 4.18. The molecule has 0 unspecified atom stereocenters. The van der Waals surface area contributed by atoms with Crippen LogP contribution in [-0.4, -0.2) is 39.1 Å². The SMILES string of the molecule is Cc1nc(-c2ccc(NC(=O)c3cc([N+](=O)[O-])ccc3N3CCC(C)CC3)cc2)n[nH]1. The van der Waals surface area contributed by atoms with E-state index in [0.717, 1.165) is 43.0 Å². The fourth-order valence-corrected chi connectivity index (χ4v) is 3.72. The van der Waals surface area contributed by atoms with Crippen LogP contribution in [0.5, 0.6) is 0 Å². The molecule has 0 spiro atoms. The van der Waals surface area contributed by atoms with E-state index in [1.54, 1.807) is 18.2 Å². The fourth-order valence-electron chi connectivity index (χ4n) is 3.72. The van der Waals surface area contributed by atoms with E-state index in [0.29, 0.717) is 23.0 Å². The molecule has 9 heteroatoms. The maximum absolute atomic E-state index is 13.1. The van der Waals surface area contributed by atoms with Crippen molar-refractivity contribution in [2.75, 3.05) is 23.3 Å². The summed E-state index contributed by atoms with van der Waals surface area (Å²) >= 11 is 0. The molecule has 160 valence electrons. The molecule has 2 heterocycles. The van der Waals surface area contributed by atoms with Crippen LogP contribution in [0.1, 0.15) is 35.9 Å². The Labute approximate surface area is 179 Å². The van der Waals surface area contributed by atoms with E-state index in [2.05, 4.69) is 32.3 Å². The molecule has 9 nitrogen and oxygen atoms in total. The third-order valence-corrected chi connectivity index (χ3v) is 5.56. The average molecular weight is 420 g/mol. The number of carbonyl (C=O) groups excluding carboxylic acids is 1. The highest BCUT2D eigenvalue weighted by molar-refractivity contribution is 6.08. The second-order valence-corrected chi connectivity index (χ2v) is 7.90. The number of H-pyrrole nitrogens is 1. The van der Waals surface area contributed by atoms with Crippen molar-refractivity contribution in [1.29, 1.82) is 0 Å². The van der Waals surface area contributed by atoms with Gasteiger partial charge in [-0.05, 0) is 56.0 Å². The number of benzene rings is 2. The Morgan fingerprint density at radius 3 is 2.52 bits per heavy atom. The number of hydrogen-bond donors (Lipinski definition) is 2. The monoisotopic (exact) mass is 420 g/mol. The van der Waals surface area contributed by atoms with Gasteiger partial charge in [0, 0.05) is 36.5 Å². The van der Waals surface area contributed by atoms with E-state index in [-0.39, 0.29) is 11.6 Å². The van der Waals surface area contributed by atoms with Gasteiger partial charge in [-0.2, -0.15) is 5.10 Å². The topological polar surface area (TPSA) is 117 Å². The largest absolute Gasteiger partial charge is 0.371 e. The molecule has 0 aliphatic carbocycles. The minimum absolute atomic E-state index is 0.102. The summed E-state index contributed by atoms with van der Waals surface area (Å²) in [6.45, 7) is 5.68. The van der Waals surface area contributed by atoms with Crippen LogP contribution >= 0.6 is 0 Å². The van der Waals surface area contributed by atoms with Crippen LogP contribution in [0.3, 0.4) is 0 Å². The number of nitrogens with one attached hydrogen (secondary N) is 2. The Bertz CT molecular complexity index is 1100. The van der Waals surface area contributed by atoms with Crippen LogP contribution in [0.2, 0.25) is 0 Å². The zero-order chi connectivity index (χ0) is 22.0. The van der Waals surface area contributed by atoms with Gasteiger partial charge in [0.2, 0.25) is 0 Å². The molecule has 1 aliphatic rings. The van der Waals surface area contributed by atoms with Crippen LogP contribution in [-0.2, 0) is 0 Å². The smallest absolute Gasteiger partial charge is 0.270 e. The quantitative estimate of drug-likeness (QED) is 0.472. The van der Waals surface area contributed by atoms with Gasteiger partial charge in [0.15, 0.2) is 5.82 Å². The van der Waals surface area contributed by atoms with Crippen molar-refractivity contribution in [3.63, 3.8) is 0 Å². The highest BCUT2D eigenvalue weighted by Crippen LogP contribution is 2.30. The number of piperidine rings is 1. The van der Waals surface area contributed by atoms with Gasteiger partial charge in [0.05, 0.1) is 16.2 Å². The van der Waals surface area contributed by atoms with Crippen LogP contribution in [0.4, 0.5) is 17.1 Å². The highest BCUT2D eigenvalue weighted by atomic mass is 16.6. The molecule has 1 saturated heterocycles. The molecule has 0 atom stereocenters. The Kier molecular flexibility index (Phi) is 5.66. The van der Waals surface area contributed by atoms with Gasteiger partial charge in [0.25, 0.3) is 11.6 Å². The van der Waals surface area contributed by atoms with Crippen molar-refractivity contribution in [1.82, 2.24) is 15.2 Å². The van der Waals surface area contributed by atoms with Crippen molar-refractivity contribution in [2.24, 2.45) is 5.92 Å². The Hall–Kier alpha value is -3.75. The van der Waals surface area contributed by atoms with Gasteiger partial charge in [-0.3, -0.25) is 20.0 Å². The Balaban J connectivity index is 1.58. The number of rotatable bonds is 5. The summed E-state index contributed by atoms with van der Waals surface area (Å²) in [6.07, 6.45) is 2.06. The number of aromatic amines is 1. The maximum Gasteiger partial charge on any atom is 0.270 e. The lowest BCUT2D eigenvalue weighted by Crippen LogP contribution is -2.34. The predicted molar refractivity (Wildman–Crippen MR) is 118 cm³/mol. The lowest BCUT2D eigenvalue weighted by atomic mass is 9.98. The molecule has 1 amide bonds. The van der Waals surface area contributed by atoms with E-state index in [4.69, 9.17) is 0 Å². The number of hydrogen-bond acceptors (Lipinski definition) is 6. The second-order valence-electron chi connectivity index (χ2n) is 7.90. The normalized spacial score (nSPS) is 14.5. The number of aryl methyl sites for hydroxylation is 1. The first-order valence-electron chi connectivity index (χ1n) is 10.2. The molecule has 2 aromatic carbocycles. The summed E-state index contributed by atoms with van der Waals surface area (Å²) in [6, 6.07) is 11.7. The number of nitrogens with zero attached hydrogens (tertiary/aromatic N) is 4. The number of carbonyl (C=O) groups is 1. The lowest BCUT2D eigenvalue weighted by Gasteiger charge is -2.33. The van der Waals surface area contributed by atoms with Gasteiger partial charge >= 0.3 is 0 Å². The molecule has 1 fully saturated rings. The summed E-state index contributed by atoms with van der Waals surface area (Å²) < 4.78 is 0. The number of amides is 1. The number of anilines is 2. The van der Waals surface area contributed by atoms with E-state index in [9.17, 15) is 14.9 Å². The third kappa shape index (κ3) is 4.55. The fraction of sp³-hybridized carbons (Fsp3) is 0.318. The number of non-ortho nitro benzene ring substituents is 1. The molecule has 1 aliphatic heterocycles. The van der Waals surface area contributed by atoms with Crippen molar-refractivity contribution in [3.8, 4) is 11.4 Å². The Morgan fingerprint density at radius 1 is 1.19 bits per heavy atom. The average Bonchev–Trinajstić information content (AvgIpc) is 3.20. The number of nitro groups is 1. The van der Waals surface area contributed by atoms with E-state index in [1.807, 2.05) is 19.1 Å². The summed E-state index contributed by atoms with van der Waals surface area (Å²) in [5, 5.41) is 21.1. The van der Waals surface area contributed by atoms with Crippen LogP contribution in [0.15, 0.2) is 42.5 Å². The number of nitro benzene ring substituents is 1. The molecular weight excluding hydrogens is 396 g/mol. The molecule has 31 heavy (non-hydrogen) atoms. The van der Waals surface area contributed by atoms with Gasteiger partial charge in [-0.15, -0.1) is 0 Å². The van der Waals surface area contributed by atoms with Crippen LogP contribution in [0, 0.1) is 23.0 Å². The van der Waals surface area contributed by atoms with E-state index < -0.39 is 4.92 Å². The van der Waals surface area contributed by atoms with Crippen molar-refractivity contribution < 1.29 is 9.72 Å². The molecule has 4 rings (SSSR count). The standard InChI is InChI=1S/C22H24N6O3/c1-14-9-11-27(12-10-14)20-8-7-18(28(30)31)13-19(20)22(29)24-17-5-3-16(4-6-17)21-23-15(2)25-26-21/h3-8,13-14H,9-12H2,1-2H3,(H,24,29)(H,23,25,26). The maximum atomic E-state index is 13.1. The van der Waals surface area contributed by atoms with Gasteiger partial charge in [0.1, 0.15) is 5.82 Å². The third-order valence-electron chi connectivity index (χ3n) is 5.56. The first-order chi connectivity index (χ1) is 14.9. The van der Waals surface area contributed by atoms with Crippen molar-refractivity contribution in [3.05, 3.63) is 64.0 Å². The first-order valence-corrected chi connectivity index (χ1v) is 10.2. The van der Waals surface area contributed by atoms with Crippen LogP contribution < -0.4 is 10.2 Å². The first kappa shape index (κ1) is 20.5. The second kappa shape index (κ2) is 8.55. The van der Waals surface area contributed by atoms with Crippen molar-refractivity contribution in [2.45, 2.75) is 26.7 Å². The lowest BCUT2D eigenvalue weighted by molar-refractivity contribution is -0.384. The highest BCUT2D eigenvalue weighted by Gasteiger charge is 2.23. The van der Waals surface area contributed by atoms with Crippen molar-refractivity contribution >= 4 is 23.0 Å². The summed E-state index contributed by atoms with van der Waals surface area (Å²) in [5.74, 6) is 1.56. The zero-order valence-electron chi connectivity index (χ0n) is 17.5. The summed E-state index contributed by atoms with van der Waals surface area (Å²) in [4.78, 5) is 30.3. The molecule has 0 radical (unpaired) electrons. The minimum atomic E-state index is -0.480. The van der Waals surface area contributed by atoms with Gasteiger partial charge in [-0.1, -0.05) is 6.92 Å². The Morgan fingerprint density at radius 2 is 1.90 bits per heavy atom. The molecule has 0 bridgehead atoms. The molecule has 0 saturated carbocycles. The van der Waals surface area contributed by atoms with Gasteiger partial charge in [-0.25, -0.2) is 4.98 Å². The molecular formula is C22H24N6O3. The van der Waals surface area contributed by atoms with Crippen LogP contribution in [0.25, 0.3) is 11.4 Å². The molecule has 1 aromatic heterocycles.